The Balaban J connectivity index is 1.95. The molecule has 0 saturated carbocycles. The van der Waals surface area contributed by atoms with Crippen molar-refractivity contribution in [2.45, 2.75) is 12.2 Å². The van der Waals surface area contributed by atoms with E-state index in [1.165, 1.54) is 30.2 Å². The van der Waals surface area contributed by atoms with Crippen molar-refractivity contribution in [1.29, 1.82) is 0 Å². The van der Waals surface area contributed by atoms with Gasteiger partial charge in [0.05, 0.1) is 25.2 Å². The molecule has 1 N–H and O–H groups in total. The van der Waals surface area contributed by atoms with E-state index in [-0.39, 0.29) is 17.6 Å². The lowest BCUT2D eigenvalue weighted by molar-refractivity contribution is -0.137. The molecule has 9 heteroatoms. The van der Waals surface area contributed by atoms with Gasteiger partial charge in [-0.25, -0.2) is 0 Å². The van der Waals surface area contributed by atoms with E-state index in [2.05, 4.69) is 20.3 Å². The van der Waals surface area contributed by atoms with Crippen molar-refractivity contribution in [1.82, 2.24) is 10.2 Å². The normalized spacial score (nSPS) is 11.6. The zero-order valence-corrected chi connectivity index (χ0v) is 15.1. The van der Waals surface area contributed by atoms with Crippen molar-refractivity contribution in [2.24, 2.45) is 0 Å². The molecule has 0 aliphatic carbocycles. The van der Waals surface area contributed by atoms with Crippen LogP contribution in [0.3, 0.4) is 0 Å². The van der Waals surface area contributed by atoms with Crippen LogP contribution in [0, 0.1) is 0 Å². The van der Waals surface area contributed by atoms with Crippen LogP contribution in [0.25, 0.3) is 10.6 Å². The molecule has 1 aromatic heterocycles. The quantitative estimate of drug-likeness (QED) is 0.752. The van der Waals surface area contributed by atoms with Gasteiger partial charge in [0, 0.05) is 5.56 Å². The molecule has 2 aromatic rings. The van der Waals surface area contributed by atoms with Gasteiger partial charge < -0.3 is 9.47 Å². The number of carbonyl (C=O) groups excluding carboxylic acids is 2. The minimum Gasteiger partial charge on any atom is -0.497 e. The van der Waals surface area contributed by atoms with Crippen molar-refractivity contribution >= 4 is 40.1 Å². The van der Waals surface area contributed by atoms with Crippen molar-refractivity contribution in [2.75, 3.05) is 25.3 Å². The zero-order chi connectivity index (χ0) is 17.5. The van der Waals surface area contributed by atoms with Crippen LogP contribution in [0.5, 0.6) is 5.75 Å². The average molecular weight is 367 g/mol. The van der Waals surface area contributed by atoms with Gasteiger partial charge in [0.15, 0.2) is 0 Å². The Kier molecular flexibility index (Phi) is 6.56. The van der Waals surface area contributed by atoms with Crippen LogP contribution < -0.4 is 10.1 Å². The Morgan fingerprint density at radius 3 is 2.58 bits per heavy atom. The monoisotopic (exact) mass is 367 g/mol. The van der Waals surface area contributed by atoms with Gasteiger partial charge in [0.2, 0.25) is 11.0 Å². The highest BCUT2D eigenvalue weighted by atomic mass is 32.2. The van der Waals surface area contributed by atoms with Crippen molar-refractivity contribution in [3.8, 4) is 16.3 Å². The van der Waals surface area contributed by atoms with Gasteiger partial charge in [-0.3, -0.25) is 14.9 Å². The summed E-state index contributed by atoms with van der Waals surface area (Å²) < 4.78 is 9.66. The summed E-state index contributed by atoms with van der Waals surface area (Å²) >= 11 is 2.48. The molecule has 24 heavy (non-hydrogen) atoms. The van der Waals surface area contributed by atoms with E-state index in [4.69, 9.17) is 4.74 Å². The first-order chi connectivity index (χ1) is 11.5. The maximum atomic E-state index is 12.1. The molecule has 0 bridgehead atoms. The number of hydrogen-bond donors (Lipinski definition) is 1. The van der Waals surface area contributed by atoms with E-state index in [1.54, 1.807) is 14.0 Å². The highest BCUT2D eigenvalue weighted by molar-refractivity contribution is 8.01. The lowest BCUT2D eigenvalue weighted by Crippen LogP contribution is -2.23. The summed E-state index contributed by atoms with van der Waals surface area (Å²) in [5, 5.41) is 11.5. The largest absolute Gasteiger partial charge is 0.497 e. The molecule has 128 valence electrons. The predicted molar refractivity (Wildman–Crippen MR) is 94.5 cm³/mol. The van der Waals surface area contributed by atoms with Gasteiger partial charge >= 0.3 is 5.97 Å². The predicted octanol–water partition coefficient (Wildman–Crippen LogP) is 2.45. The second kappa shape index (κ2) is 8.65. The van der Waals surface area contributed by atoms with Crippen molar-refractivity contribution in [3.63, 3.8) is 0 Å². The van der Waals surface area contributed by atoms with Gasteiger partial charge in [-0.1, -0.05) is 11.3 Å². The molecule has 2 rings (SSSR count). The summed E-state index contributed by atoms with van der Waals surface area (Å²) in [6, 6.07) is 7.42. The molecule has 0 saturated heterocycles. The SMILES string of the molecule is COC(=O)CS[C@H](C)C(=O)Nc1nnc(-c2ccc(OC)cc2)s1. The maximum absolute atomic E-state index is 12.1. The van der Waals surface area contributed by atoms with Crippen molar-refractivity contribution < 1.29 is 19.1 Å². The van der Waals surface area contributed by atoms with Gasteiger partial charge in [-0.05, 0) is 31.2 Å². The van der Waals surface area contributed by atoms with Crippen LogP contribution in [0.1, 0.15) is 6.92 Å². The Bertz CT molecular complexity index is 703. The number of methoxy groups -OCH3 is 2. The van der Waals surface area contributed by atoms with Crippen LogP contribution in [0.4, 0.5) is 5.13 Å². The van der Waals surface area contributed by atoms with E-state index in [0.29, 0.717) is 10.1 Å². The number of nitrogens with one attached hydrogen (secondary N) is 1. The number of hydrogen-bond acceptors (Lipinski definition) is 8. The number of carbonyl (C=O) groups is 2. The van der Waals surface area contributed by atoms with Crippen LogP contribution in [0.2, 0.25) is 0 Å². The number of amides is 1. The third kappa shape index (κ3) is 4.93. The van der Waals surface area contributed by atoms with Crippen molar-refractivity contribution in [3.05, 3.63) is 24.3 Å². The summed E-state index contributed by atoms with van der Waals surface area (Å²) in [6.07, 6.45) is 0. The number of benzene rings is 1. The highest BCUT2D eigenvalue weighted by Crippen LogP contribution is 2.28. The second-order valence-electron chi connectivity index (χ2n) is 4.66. The number of esters is 1. The molecular formula is C15H17N3O4S2. The molecule has 0 unspecified atom stereocenters. The molecule has 0 radical (unpaired) electrons. The fourth-order valence-electron chi connectivity index (χ4n) is 1.66. The summed E-state index contributed by atoms with van der Waals surface area (Å²) in [5.41, 5.74) is 0.891. The standard InChI is InChI=1S/C15H17N3O4S2/c1-9(23-8-12(19)22-3)13(20)16-15-18-17-14(24-15)10-4-6-11(21-2)7-5-10/h4-7,9H,8H2,1-3H3,(H,16,18,20)/t9-/m1/s1. The van der Waals surface area contributed by atoms with E-state index in [1.807, 2.05) is 24.3 Å². The first-order valence-corrected chi connectivity index (χ1v) is 8.87. The lowest BCUT2D eigenvalue weighted by atomic mass is 10.2. The smallest absolute Gasteiger partial charge is 0.315 e. The molecule has 0 spiro atoms. The summed E-state index contributed by atoms with van der Waals surface area (Å²) in [7, 11) is 2.92. The summed E-state index contributed by atoms with van der Waals surface area (Å²) in [6.45, 7) is 1.72. The highest BCUT2D eigenvalue weighted by Gasteiger charge is 2.17. The second-order valence-corrected chi connectivity index (χ2v) is 6.97. The van der Waals surface area contributed by atoms with E-state index in [9.17, 15) is 9.59 Å². The number of rotatable bonds is 7. The average Bonchev–Trinajstić information content (AvgIpc) is 3.07. The van der Waals surface area contributed by atoms with E-state index < -0.39 is 5.25 Å². The first-order valence-electron chi connectivity index (χ1n) is 7.00. The minimum atomic E-state index is -0.405. The van der Waals surface area contributed by atoms with Gasteiger partial charge in [0.1, 0.15) is 10.8 Å². The maximum Gasteiger partial charge on any atom is 0.315 e. The molecule has 0 fully saturated rings. The first kappa shape index (κ1) is 18.2. The Labute approximate surface area is 147 Å². The van der Waals surface area contributed by atoms with Crippen LogP contribution in [-0.4, -0.2) is 47.3 Å². The summed E-state index contributed by atoms with van der Waals surface area (Å²) in [5.74, 6) is 0.283. The molecule has 1 heterocycles. The molecule has 1 atom stereocenters. The fraction of sp³-hybridized carbons (Fsp3) is 0.333. The summed E-state index contributed by atoms with van der Waals surface area (Å²) in [4.78, 5) is 23.2. The molecule has 1 aromatic carbocycles. The third-order valence-electron chi connectivity index (χ3n) is 3.04. The van der Waals surface area contributed by atoms with Crippen LogP contribution in [-0.2, 0) is 14.3 Å². The molecule has 7 nitrogen and oxygen atoms in total. The van der Waals surface area contributed by atoms with Crippen LogP contribution in [0.15, 0.2) is 24.3 Å². The Hall–Kier alpha value is -2.13. The van der Waals surface area contributed by atoms with E-state index in [0.717, 1.165) is 11.3 Å². The Morgan fingerprint density at radius 1 is 1.25 bits per heavy atom. The lowest BCUT2D eigenvalue weighted by Gasteiger charge is -2.08. The van der Waals surface area contributed by atoms with Crippen LogP contribution >= 0.6 is 23.1 Å². The number of thioether (sulfide) groups is 1. The fourth-order valence-corrected chi connectivity index (χ4v) is 3.12. The molecule has 0 aliphatic rings. The molecular weight excluding hydrogens is 350 g/mol. The van der Waals surface area contributed by atoms with Gasteiger partial charge in [-0.15, -0.1) is 22.0 Å². The zero-order valence-electron chi connectivity index (χ0n) is 13.4. The third-order valence-corrected chi connectivity index (χ3v) is 5.04. The number of ether oxygens (including phenoxy) is 2. The van der Waals surface area contributed by atoms with E-state index >= 15 is 0 Å². The minimum absolute atomic E-state index is 0.123. The number of aromatic nitrogens is 2. The molecule has 1 amide bonds. The van der Waals surface area contributed by atoms with Gasteiger partial charge in [0.25, 0.3) is 0 Å². The molecule has 0 aliphatic heterocycles. The Morgan fingerprint density at radius 2 is 1.96 bits per heavy atom. The van der Waals surface area contributed by atoms with Gasteiger partial charge in [-0.2, -0.15) is 0 Å². The topological polar surface area (TPSA) is 90.4 Å². The number of anilines is 1. The number of nitrogens with zero attached hydrogens (tertiary/aromatic N) is 2.